The maximum atomic E-state index is 13.5. The van der Waals surface area contributed by atoms with E-state index in [0.717, 1.165) is 22.4 Å². The molecule has 0 saturated carbocycles. The third kappa shape index (κ3) is 7.82. The van der Waals surface area contributed by atoms with Crippen LogP contribution in [0.5, 0.6) is 0 Å². The van der Waals surface area contributed by atoms with Crippen LogP contribution in [0.2, 0.25) is 5.02 Å². The normalized spacial score (nSPS) is 12.2. The number of aromatic nitrogens is 4. The molecular weight excluding hydrogens is 544 g/mol. The van der Waals surface area contributed by atoms with Crippen LogP contribution in [0, 0.1) is 0 Å². The van der Waals surface area contributed by atoms with Crippen molar-refractivity contribution in [3.05, 3.63) is 87.9 Å². The second kappa shape index (κ2) is 12.4. The number of anilines is 1. The van der Waals surface area contributed by atoms with E-state index in [0.29, 0.717) is 16.3 Å². The summed E-state index contributed by atoms with van der Waals surface area (Å²) in [6.45, 7) is 9.11. The van der Waals surface area contributed by atoms with Crippen LogP contribution in [0.1, 0.15) is 46.2 Å². The van der Waals surface area contributed by atoms with Crippen molar-refractivity contribution in [2.24, 2.45) is 0 Å². The zero-order chi connectivity index (χ0) is 29.7. The highest BCUT2D eigenvalue weighted by Gasteiger charge is 2.26. The van der Waals surface area contributed by atoms with Crippen molar-refractivity contribution in [1.29, 1.82) is 0 Å². The number of halogens is 1. The summed E-state index contributed by atoms with van der Waals surface area (Å²) in [6.07, 6.45) is 2.77. The van der Waals surface area contributed by atoms with Crippen LogP contribution < -0.4 is 16.2 Å². The molecule has 0 spiro atoms. The fraction of sp³-hybridized carbons (Fsp3) is 0.300. The Morgan fingerprint density at radius 1 is 1.02 bits per heavy atom. The highest BCUT2D eigenvalue weighted by Crippen LogP contribution is 2.27. The lowest BCUT2D eigenvalue weighted by Crippen LogP contribution is -2.47. The van der Waals surface area contributed by atoms with Gasteiger partial charge in [-0.15, -0.1) is 5.10 Å². The highest BCUT2D eigenvalue weighted by molar-refractivity contribution is 6.31. The van der Waals surface area contributed by atoms with Gasteiger partial charge in [0.1, 0.15) is 11.6 Å². The molecular formula is C30H33ClN6O4. The van der Waals surface area contributed by atoms with Gasteiger partial charge in [-0.1, -0.05) is 35.0 Å². The Morgan fingerprint density at radius 3 is 2.34 bits per heavy atom. The molecule has 2 amide bonds. The summed E-state index contributed by atoms with van der Waals surface area (Å²) in [5, 5.41) is 16.3. The fourth-order valence-corrected chi connectivity index (χ4v) is 4.36. The van der Waals surface area contributed by atoms with Gasteiger partial charge in [-0.2, -0.15) is 0 Å². The minimum absolute atomic E-state index is 0.00876. The number of pyridine rings is 1. The minimum Gasteiger partial charge on any atom is -0.444 e. The monoisotopic (exact) mass is 576 g/mol. The first-order valence-electron chi connectivity index (χ1n) is 13.2. The molecule has 0 aliphatic rings. The van der Waals surface area contributed by atoms with Gasteiger partial charge in [0, 0.05) is 41.0 Å². The molecule has 0 bridgehead atoms. The number of hydrogen-bond acceptors (Lipinski definition) is 6. The zero-order valence-corrected chi connectivity index (χ0v) is 24.3. The van der Waals surface area contributed by atoms with Crippen molar-refractivity contribution >= 4 is 29.3 Å². The van der Waals surface area contributed by atoms with E-state index in [-0.39, 0.29) is 18.0 Å². The average Bonchev–Trinajstić information content (AvgIpc) is 3.44. The van der Waals surface area contributed by atoms with Gasteiger partial charge in [-0.3, -0.25) is 14.7 Å². The maximum absolute atomic E-state index is 13.5. The van der Waals surface area contributed by atoms with Gasteiger partial charge in [0.2, 0.25) is 5.91 Å². The Hall–Kier alpha value is -4.44. The first-order valence-corrected chi connectivity index (χ1v) is 13.6. The number of carbonyl (C=O) groups is 2. The largest absolute Gasteiger partial charge is 0.444 e. The minimum atomic E-state index is -1.00. The predicted molar refractivity (Wildman–Crippen MR) is 159 cm³/mol. The molecule has 0 fully saturated rings. The number of alkyl carbamates (subject to hydrolysis) is 1. The van der Waals surface area contributed by atoms with Crippen LogP contribution in [-0.4, -0.2) is 43.6 Å². The predicted octanol–water partition coefficient (Wildman–Crippen LogP) is 5.61. The van der Waals surface area contributed by atoms with Gasteiger partial charge < -0.3 is 19.9 Å². The first kappa shape index (κ1) is 29.5. The summed E-state index contributed by atoms with van der Waals surface area (Å²) in [5.41, 5.74) is 3.58. The Kier molecular flexibility index (Phi) is 8.92. The lowest BCUT2D eigenvalue weighted by Gasteiger charge is -2.24. The smallest absolute Gasteiger partial charge is 0.408 e. The lowest BCUT2D eigenvalue weighted by molar-refractivity contribution is -0.118. The number of rotatable bonds is 8. The molecule has 4 rings (SSSR count). The molecule has 11 heteroatoms. The molecule has 0 aliphatic carbocycles. The van der Waals surface area contributed by atoms with Gasteiger partial charge in [0.05, 0.1) is 11.9 Å². The second-order valence-corrected chi connectivity index (χ2v) is 11.3. The third-order valence-electron chi connectivity index (χ3n) is 6.18. The van der Waals surface area contributed by atoms with Gasteiger partial charge in [0.25, 0.3) is 5.56 Å². The molecule has 0 aliphatic heterocycles. The van der Waals surface area contributed by atoms with Gasteiger partial charge in [-0.05, 0) is 81.6 Å². The molecule has 214 valence electrons. The van der Waals surface area contributed by atoms with Crippen molar-refractivity contribution < 1.29 is 14.3 Å². The first-order chi connectivity index (χ1) is 19.4. The Labute approximate surface area is 243 Å². The van der Waals surface area contributed by atoms with Crippen molar-refractivity contribution in [3.8, 4) is 22.4 Å². The van der Waals surface area contributed by atoms with E-state index >= 15 is 0 Å². The maximum Gasteiger partial charge on any atom is 0.408 e. The summed E-state index contributed by atoms with van der Waals surface area (Å²) in [7, 11) is 0. The Bertz CT molecular complexity index is 1570. The summed E-state index contributed by atoms with van der Waals surface area (Å²) < 4.78 is 7.07. The molecule has 10 nitrogen and oxygen atoms in total. The number of ether oxygens (including phenoxy) is 1. The van der Waals surface area contributed by atoms with E-state index < -0.39 is 23.6 Å². The Morgan fingerprint density at radius 2 is 1.71 bits per heavy atom. The number of hydrogen-bond donors (Lipinski definition) is 3. The fourth-order valence-electron chi connectivity index (χ4n) is 4.17. The number of H-pyrrole nitrogens is 1. The summed E-state index contributed by atoms with van der Waals surface area (Å²) in [4.78, 5) is 38.4. The van der Waals surface area contributed by atoms with Crippen molar-refractivity contribution in [1.82, 2.24) is 25.3 Å². The van der Waals surface area contributed by atoms with E-state index in [1.165, 1.54) is 6.07 Å². The molecule has 4 aromatic rings. The molecule has 41 heavy (non-hydrogen) atoms. The summed E-state index contributed by atoms with van der Waals surface area (Å²) >= 11 is 6.56. The molecule has 2 aromatic carbocycles. The van der Waals surface area contributed by atoms with Gasteiger partial charge in [0.15, 0.2) is 0 Å². The van der Waals surface area contributed by atoms with Crippen molar-refractivity contribution in [2.75, 3.05) is 5.32 Å². The van der Waals surface area contributed by atoms with E-state index in [4.69, 9.17) is 16.3 Å². The highest BCUT2D eigenvalue weighted by atomic mass is 35.5. The van der Waals surface area contributed by atoms with Crippen LogP contribution >= 0.6 is 11.6 Å². The lowest BCUT2D eigenvalue weighted by atomic mass is 9.99. The van der Waals surface area contributed by atoms with Crippen LogP contribution in [0.15, 0.2) is 71.8 Å². The average molecular weight is 577 g/mol. The standard InChI is InChI=1S/C30H33ClN6O4/c1-18(2)37-17-21(9-13-27(37)38)20-8-12-24(31)22(14-20)15-25(34-29(40)41-30(3,4)5)28(39)33-23-10-6-19(7-11-23)26-16-32-36-35-26/h6-14,16-18,25H,15H2,1-5H3,(H,33,39)(H,34,40)(H,32,35,36). The van der Waals surface area contributed by atoms with Gasteiger partial charge >= 0.3 is 6.09 Å². The number of amides is 2. The molecule has 0 saturated heterocycles. The van der Waals surface area contributed by atoms with Crippen LogP contribution in [-0.2, 0) is 16.0 Å². The number of nitrogens with one attached hydrogen (secondary N) is 3. The van der Waals surface area contributed by atoms with E-state index in [9.17, 15) is 14.4 Å². The van der Waals surface area contributed by atoms with Crippen LogP contribution in [0.4, 0.5) is 10.5 Å². The number of carbonyl (C=O) groups excluding carboxylic acids is 2. The Balaban J connectivity index is 1.60. The summed E-state index contributed by atoms with van der Waals surface area (Å²) in [5.74, 6) is -0.443. The molecule has 0 radical (unpaired) electrons. The van der Waals surface area contributed by atoms with Crippen LogP contribution in [0.3, 0.4) is 0 Å². The zero-order valence-electron chi connectivity index (χ0n) is 23.6. The molecule has 2 aromatic heterocycles. The number of aromatic amines is 1. The van der Waals surface area contributed by atoms with E-state index in [1.54, 1.807) is 62.0 Å². The second-order valence-electron chi connectivity index (χ2n) is 10.9. The third-order valence-corrected chi connectivity index (χ3v) is 6.55. The van der Waals surface area contributed by atoms with Crippen LogP contribution in [0.25, 0.3) is 22.4 Å². The van der Waals surface area contributed by atoms with E-state index in [1.807, 2.05) is 38.1 Å². The number of benzene rings is 2. The SMILES string of the molecule is CC(C)n1cc(-c2ccc(Cl)c(CC(NC(=O)OC(C)(C)C)C(=O)Nc3ccc(-c4cnn[nH]4)cc3)c2)ccc1=O. The van der Waals surface area contributed by atoms with Gasteiger partial charge in [-0.25, -0.2) is 4.79 Å². The van der Waals surface area contributed by atoms with Crippen molar-refractivity contribution in [3.63, 3.8) is 0 Å². The molecule has 1 atom stereocenters. The molecule has 3 N–H and O–H groups in total. The quantitative estimate of drug-likeness (QED) is 0.250. The summed E-state index contributed by atoms with van der Waals surface area (Å²) in [6, 6.07) is 14.8. The molecule has 2 heterocycles. The van der Waals surface area contributed by atoms with E-state index in [2.05, 4.69) is 26.0 Å². The number of nitrogens with zero attached hydrogens (tertiary/aromatic N) is 3. The molecule has 1 unspecified atom stereocenters. The van der Waals surface area contributed by atoms with Crippen molar-refractivity contribution in [2.45, 2.75) is 58.7 Å². The topological polar surface area (TPSA) is 131 Å².